The summed E-state index contributed by atoms with van der Waals surface area (Å²) in [5.41, 5.74) is 2.40. The third-order valence-electron chi connectivity index (χ3n) is 3.67. The van der Waals surface area contributed by atoms with Crippen molar-refractivity contribution in [1.29, 1.82) is 0 Å². The molecule has 0 saturated carbocycles. The Morgan fingerprint density at radius 3 is 3.15 bits per heavy atom. The van der Waals surface area contributed by atoms with Crippen LogP contribution in [0.15, 0.2) is 24.3 Å². The molecule has 1 atom stereocenters. The molecule has 0 fully saturated rings. The number of nitrogens with zero attached hydrogens (tertiary/aromatic N) is 1. The van der Waals surface area contributed by atoms with E-state index in [0.717, 1.165) is 35.0 Å². The first-order valence-electron chi connectivity index (χ1n) is 7.27. The van der Waals surface area contributed by atoms with Crippen molar-refractivity contribution >= 4 is 22.9 Å². The Bertz CT molecular complexity index is 594. The summed E-state index contributed by atoms with van der Waals surface area (Å²) in [6.07, 6.45) is 4.78. The number of benzene rings is 1. The summed E-state index contributed by atoms with van der Waals surface area (Å²) in [6, 6.07) is 8.42. The molecule has 2 nitrogen and oxygen atoms in total. The predicted molar refractivity (Wildman–Crippen MR) is 86.5 cm³/mol. The third-order valence-corrected chi connectivity index (χ3v) is 5.08. The zero-order valence-electron chi connectivity index (χ0n) is 11.7. The Balaban J connectivity index is 1.91. The van der Waals surface area contributed by atoms with E-state index in [-0.39, 0.29) is 0 Å². The van der Waals surface area contributed by atoms with E-state index in [0.29, 0.717) is 6.04 Å². The van der Waals surface area contributed by atoms with E-state index in [9.17, 15) is 0 Å². The van der Waals surface area contributed by atoms with Crippen molar-refractivity contribution in [3.8, 4) is 10.6 Å². The molecule has 0 bridgehead atoms. The van der Waals surface area contributed by atoms with E-state index < -0.39 is 0 Å². The van der Waals surface area contributed by atoms with Crippen molar-refractivity contribution in [3.63, 3.8) is 0 Å². The van der Waals surface area contributed by atoms with E-state index in [2.05, 4.69) is 18.3 Å². The highest BCUT2D eigenvalue weighted by Crippen LogP contribution is 2.37. The first-order chi connectivity index (χ1) is 9.78. The molecule has 0 amide bonds. The van der Waals surface area contributed by atoms with Crippen LogP contribution in [0, 0.1) is 0 Å². The molecule has 1 N–H and O–H groups in total. The first-order valence-corrected chi connectivity index (χ1v) is 8.46. The molecular weight excluding hydrogens is 288 g/mol. The number of nitrogens with one attached hydrogen (secondary N) is 1. The van der Waals surface area contributed by atoms with Gasteiger partial charge in [-0.15, -0.1) is 11.3 Å². The van der Waals surface area contributed by atoms with Gasteiger partial charge in [0.2, 0.25) is 0 Å². The van der Waals surface area contributed by atoms with E-state index in [4.69, 9.17) is 16.6 Å². The van der Waals surface area contributed by atoms with E-state index in [1.165, 1.54) is 23.4 Å². The Hall–Kier alpha value is -0.900. The zero-order valence-corrected chi connectivity index (χ0v) is 13.2. The van der Waals surface area contributed by atoms with Gasteiger partial charge in [-0.1, -0.05) is 30.7 Å². The van der Waals surface area contributed by atoms with Gasteiger partial charge >= 0.3 is 0 Å². The molecule has 0 radical (unpaired) electrons. The fourth-order valence-corrected chi connectivity index (χ4v) is 4.03. The van der Waals surface area contributed by atoms with Crippen LogP contribution in [0.5, 0.6) is 0 Å². The summed E-state index contributed by atoms with van der Waals surface area (Å²) in [7, 11) is 0. The van der Waals surface area contributed by atoms with Gasteiger partial charge in [-0.05, 0) is 44.4 Å². The van der Waals surface area contributed by atoms with Crippen LogP contribution in [0.3, 0.4) is 0 Å². The highest BCUT2D eigenvalue weighted by Gasteiger charge is 2.24. The fraction of sp³-hybridized carbons (Fsp3) is 0.438. The molecule has 1 aliphatic rings. The molecule has 1 aromatic heterocycles. The summed E-state index contributed by atoms with van der Waals surface area (Å²) in [4.78, 5) is 6.34. The first kappa shape index (κ1) is 14.1. The Morgan fingerprint density at radius 1 is 1.45 bits per heavy atom. The average molecular weight is 307 g/mol. The van der Waals surface area contributed by atoms with Crippen LogP contribution in [0.25, 0.3) is 10.6 Å². The van der Waals surface area contributed by atoms with Crippen molar-refractivity contribution in [2.24, 2.45) is 0 Å². The molecule has 2 aromatic rings. The summed E-state index contributed by atoms with van der Waals surface area (Å²) in [5.74, 6) is 0. The second-order valence-electron chi connectivity index (χ2n) is 5.24. The molecule has 0 spiro atoms. The molecule has 3 rings (SSSR count). The maximum Gasteiger partial charge on any atom is 0.123 e. The number of halogens is 1. The topological polar surface area (TPSA) is 24.9 Å². The molecular formula is C16H19ClN2S. The summed E-state index contributed by atoms with van der Waals surface area (Å²) in [5, 5.41) is 5.50. The molecule has 0 aliphatic heterocycles. The third kappa shape index (κ3) is 2.90. The lowest BCUT2D eigenvalue weighted by Crippen LogP contribution is -2.25. The van der Waals surface area contributed by atoms with Crippen LogP contribution in [0.2, 0.25) is 5.02 Å². The lowest BCUT2D eigenvalue weighted by Gasteiger charge is -2.22. The molecule has 20 heavy (non-hydrogen) atoms. The standard InChI is InChI=1S/C16H19ClN2S/c1-2-9-18-13-7-4-8-14-15(13)19-16(20-14)11-5-3-6-12(17)10-11/h3,5-6,10,13,18H,2,4,7-9H2,1H3. The monoisotopic (exact) mass is 306 g/mol. The minimum absolute atomic E-state index is 0.433. The minimum atomic E-state index is 0.433. The van der Waals surface area contributed by atoms with Crippen molar-refractivity contribution < 1.29 is 0 Å². The van der Waals surface area contributed by atoms with Gasteiger partial charge in [-0.3, -0.25) is 0 Å². The number of rotatable bonds is 4. The number of aromatic nitrogens is 1. The summed E-state index contributed by atoms with van der Waals surface area (Å²) < 4.78 is 0. The summed E-state index contributed by atoms with van der Waals surface area (Å²) >= 11 is 7.91. The maximum atomic E-state index is 6.08. The number of hydrogen-bond donors (Lipinski definition) is 1. The molecule has 1 aliphatic carbocycles. The van der Waals surface area contributed by atoms with Crippen LogP contribution in [-0.2, 0) is 6.42 Å². The number of hydrogen-bond acceptors (Lipinski definition) is 3. The second kappa shape index (κ2) is 6.25. The van der Waals surface area contributed by atoms with Gasteiger partial charge in [0, 0.05) is 15.5 Å². The van der Waals surface area contributed by atoms with Crippen LogP contribution in [0.4, 0.5) is 0 Å². The fourth-order valence-electron chi connectivity index (χ4n) is 2.68. The largest absolute Gasteiger partial charge is 0.309 e. The molecule has 4 heteroatoms. The normalized spacial score (nSPS) is 18.0. The number of thiazole rings is 1. The Labute approximate surface area is 129 Å². The molecule has 1 unspecified atom stereocenters. The second-order valence-corrected chi connectivity index (χ2v) is 6.76. The number of aryl methyl sites for hydroxylation is 1. The van der Waals surface area contributed by atoms with E-state index in [1.54, 1.807) is 0 Å². The van der Waals surface area contributed by atoms with Gasteiger partial charge < -0.3 is 5.32 Å². The van der Waals surface area contributed by atoms with Gasteiger partial charge in [-0.25, -0.2) is 4.98 Å². The molecule has 106 valence electrons. The average Bonchev–Trinajstić information content (AvgIpc) is 2.89. The molecule has 0 saturated heterocycles. The highest BCUT2D eigenvalue weighted by atomic mass is 35.5. The van der Waals surface area contributed by atoms with Gasteiger partial charge in [-0.2, -0.15) is 0 Å². The van der Waals surface area contributed by atoms with Crippen molar-refractivity contribution in [3.05, 3.63) is 39.9 Å². The lowest BCUT2D eigenvalue weighted by atomic mass is 9.97. The maximum absolute atomic E-state index is 6.08. The predicted octanol–water partition coefficient (Wildman–Crippen LogP) is 4.84. The smallest absolute Gasteiger partial charge is 0.123 e. The lowest BCUT2D eigenvalue weighted by molar-refractivity contribution is 0.454. The molecule has 1 aromatic carbocycles. The summed E-state index contributed by atoms with van der Waals surface area (Å²) in [6.45, 7) is 3.27. The van der Waals surface area contributed by atoms with Crippen LogP contribution in [-0.4, -0.2) is 11.5 Å². The minimum Gasteiger partial charge on any atom is -0.309 e. The Kier molecular flexibility index (Phi) is 4.39. The molecule has 1 heterocycles. The van der Waals surface area contributed by atoms with Gasteiger partial charge in [0.05, 0.1) is 11.7 Å². The SMILES string of the molecule is CCCNC1CCCc2sc(-c3cccc(Cl)c3)nc21. The van der Waals surface area contributed by atoms with Crippen molar-refractivity contribution in [2.75, 3.05) is 6.54 Å². The zero-order chi connectivity index (χ0) is 13.9. The Morgan fingerprint density at radius 2 is 2.35 bits per heavy atom. The highest BCUT2D eigenvalue weighted by molar-refractivity contribution is 7.15. The van der Waals surface area contributed by atoms with Gasteiger partial charge in [0.15, 0.2) is 0 Å². The number of fused-ring (bicyclic) bond motifs is 1. The van der Waals surface area contributed by atoms with E-state index in [1.807, 2.05) is 29.5 Å². The van der Waals surface area contributed by atoms with Crippen LogP contribution >= 0.6 is 22.9 Å². The van der Waals surface area contributed by atoms with Crippen molar-refractivity contribution in [1.82, 2.24) is 10.3 Å². The van der Waals surface area contributed by atoms with E-state index >= 15 is 0 Å². The van der Waals surface area contributed by atoms with Gasteiger partial charge in [0.25, 0.3) is 0 Å². The van der Waals surface area contributed by atoms with Crippen LogP contribution in [0.1, 0.15) is 42.8 Å². The van der Waals surface area contributed by atoms with Crippen molar-refractivity contribution in [2.45, 2.75) is 38.6 Å². The van der Waals surface area contributed by atoms with Gasteiger partial charge in [0.1, 0.15) is 5.01 Å². The quantitative estimate of drug-likeness (QED) is 0.874. The van der Waals surface area contributed by atoms with Crippen LogP contribution < -0.4 is 5.32 Å².